The molecule has 0 aliphatic carbocycles. The van der Waals surface area contributed by atoms with Crippen molar-refractivity contribution in [1.29, 1.82) is 0 Å². The van der Waals surface area contributed by atoms with Gasteiger partial charge in [0.1, 0.15) is 5.82 Å². The molecule has 1 aliphatic heterocycles. The van der Waals surface area contributed by atoms with Gasteiger partial charge in [0.25, 0.3) is 0 Å². The molecule has 0 saturated heterocycles. The molecule has 1 aliphatic rings. The van der Waals surface area contributed by atoms with E-state index in [0.29, 0.717) is 6.54 Å². The summed E-state index contributed by atoms with van der Waals surface area (Å²) < 4.78 is 4.21. The highest BCUT2D eigenvalue weighted by Crippen LogP contribution is 2.39. The fourth-order valence-electron chi connectivity index (χ4n) is 4.07. The number of hydrogen-bond donors (Lipinski definition) is 0. The minimum Gasteiger partial charge on any atom is -0.317 e. The van der Waals surface area contributed by atoms with E-state index >= 15 is 0 Å². The zero-order valence-corrected chi connectivity index (χ0v) is 15.6. The Morgan fingerprint density at radius 2 is 1.41 bits per heavy atom. The Hall–Kier alpha value is -3.99. The highest BCUT2D eigenvalue weighted by molar-refractivity contribution is 5.84. The van der Waals surface area contributed by atoms with Crippen molar-refractivity contribution in [3.05, 3.63) is 96.8 Å². The molecule has 3 aromatic carbocycles. The van der Waals surface area contributed by atoms with Gasteiger partial charge in [-0.1, -0.05) is 78.0 Å². The number of hydrogen-bond acceptors (Lipinski definition) is 3. The smallest absolute Gasteiger partial charge is 0.143 e. The zero-order valence-electron chi connectivity index (χ0n) is 15.6. The van der Waals surface area contributed by atoms with Gasteiger partial charge in [-0.15, -0.1) is 5.10 Å². The van der Waals surface area contributed by atoms with Crippen LogP contribution in [0.25, 0.3) is 39.6 Å². The molecule has 0 spiro atoms. The van der Waals surface area contributed by atoms with E-state index in [1.54, 1.807) is 0 Å². The second kappa shape index (κ2) is 6.27. The van der Waals surface area contributed by atoms with Crippen LogP contribution < -0.4 is 0 Å². The first kappa shape index (κ1) is 16.0. The van der Waals surface area contributed by atoms with E-state index in [-0.39, 0.29) is 0 Å². The van der Waals surface area contributed by atoms with Gasteiger partial charge in [-0.05, 0) is 12.1 Å². The van der Waals surface area contributed by atoms with E-state index < -0.39 is 0 Å². The summed E-state index contributed by atoms with van der Waals surface area (Å²) in [6, 6.07) is 29.1. The van der Waals surface area contributed by atoms with Gasteiger partial charge in [0.2, 0.25) is 0 Å². The Bertz CT molecular complexity index is 1320. The van der Waals surface area contributed by atoms with E-state index in [2.05, 4.69) is 75.5 Å². The van der Waals surface area contributed by atoms with E-state index in [1.165, 1.54) is 0 Å². The lowest BCUT2D eigenvalue weighted by Crippen LogP contribution is -2.05. The number of benzene rings is 3. The van der Waals surface area contributed by atoms with Gasteiger partial charge in [0, 0.05) is 16.7 Å². The first-order chi connectivity index (χ1) is 14.4. The maximum atomic E-state index is 5.16. The van der Waals surface area contributed by atoms with Gasteiger partial charge in [-0.25, -0.2) is 9.67 Å². The summed E-state index contributed by atoms with van der Waals surface area (Å²) in [5.41, 5.74) is 7.43. The summed E-state index contributed by atoms with van der Waals surface area (Å²) in [4.78, 5) is 5.16. The molecular formula is C24H17N5. The third-order valence-corrected chi connectivity index (χ3v) is 5.38. The number of fused-ring (bicyclic) bond motifs is 5. The molecule has 0 fully saturated rings. The van der Waals surface area contributed by atoms with E-state index in [0.717, 1.165) is 45.3 Å². The summed E-state index contributed by atoms with van der Waals surface area (Å²) in [5.74, 6) is 0.948. The Morgan fingerprint density at radius 3 is 2.21 bits per heavy atom. The lowest BCUT2D eigenvalue weighted by Gasteiger charge is -2.11. The van der Waals surface area contributed by atoms with Crippen molar-refractivity contribution in [2.45, 2.75) is 6.54 Å². The predicted octanol–water partition coefficient (Wildman–Crippen LogP) is 4.83. The van der Waals surface area contributed by atoms with Crippen LogP contribution in [0.4, 0.5) is 0 Å². The molecular weight excluding hydrogens is 358 g/mol. The van der Waals surface area contributed by atoms with Gasteiger partial charge in [-0.2, -0.15) is 0 Å². The van der Waals surface area contributed by atoms with Crippen LogP contribution in [0.2, 0.25) is 0 Å². The van der Waals surface area contributed by atoms with Crippen molar-refractivity contribution in [1.82, 2.24) is 24.5 Å². The SMILES string of the molecule is c1ccc(-c2nc3n(c2-c2ccccc2)Cc2cnnn2-c2ccccc2-3)cc1. The molecule has 0 radical (unpaired) electrons. The highest BCUT2D eigenvalue weighted by Gasteiger charge is 2.27. The topological polar surface area (TPSA) is 48.5 Å². The van der Waals surface area contributed by atoms with Gasteiger partial charge in [0.15, 0.2) is 0 Å². The summed E-state index contributed by atoms with van der Waals surface area (Å²) in [6.07, 6.45) is 1.84. The van der Waals surface area contributed by atoms with Crippen LogP contribution >= 0.6 is 0 Å². The fraction of sp³-hybridized carbons (Fsp3) is 0.0417. The van der Waals surface area contributed by atoms with Crippen LogP contribution in [0.3, 0.4) is 0 Å². The van der Waals surface area contributed by atoms with Crippen molar-refractivity contribution in [2.75, 3.05) is 0 Å². The largest absolute Gasteiger partial charge is 0.317 e. The van der Waals surface area contributed by atoms with Crippen LogP contribution in [-0.2, 0) is 6.54 Å². The van der Waals surface area contributed by atoms with Crippen molar-refractivity contribution in [3.63, 3.8) is 0 Å². The summed E-state index contributed by atoms with van der Waals surface area (Å²) in [5, 5.41) is 8.49. The van der Waals surface area contributed by atoms with Crippen molar-refractivity contribution in [3.8, 4) is 39.6 Å². The first-order valence-electron chi connectivity index (χ1n) is 9.61. The monoisotopic (exact) mass is 375 g/mol. The second-order valence-electron chi connectivity index (χ2n) is 7.11. The predicted molar refractivity (Wildman–Crippen MR) is 113 cm³/mol. The zero-order chi connectivity index (χ0) is 19.2. The van der Waals surface area contributed by atoms with Gasteiger partial charge in [0.05, 0.1) is 35.5 Å². The Labute approximate surface area is 167 Å². The quantitative estimate of drug-likeness (QED) is 0.436. The molecule has 0 amide bonds. The number of imidazole rings is 1. The lowest BCUT2D eigenvalue weighted by atomic mass is 10.0. The second-order valence-corrected chi connectivity index (χ2v) is 7.11. The summed E-state index contributed by atoms with van der Waals surface area (Å²) in [7, 11) is 0. The molecule has 0 bridgehead atoms. The van der Waals surface area contributed by atoms with Crippen LogP contribution in [0, 0.1) is 0 Å². The van der Waals surface area contributed by atoms with Crippen molar-refractivity contribution >= 4 is 0 Å². The number of rotatable bonds is 2. The molecule has 5 heteroatoms. The molecule has 0 saturated carbocycles. The number of aromatic nitrogens is 5. The fourth-order valence-corrected chi connectivity index (χ4v) is 4.07. The lowest BCUT2D eigenvalue weighted by molar-refractivity contribution is 0.730. The molecule has 3 heterocycles. The third kappa shape index (κ3) is 2.44. The van der Waals surface area contributed by atoms with E-state index in [9.17, 15) is 0 Å². The van der Waals surface area contributed by atoms with E-state index in [1.807, 2.05) is 35.1 Å². The number of para-hydroxylation sites is 1. The molecule has 138 valence electrons. The molecule has 5 nitrogen and oxygen atoms in total. The third-order valence-electron chi connectivity index (χ3n) is 5.38. The van der Waals surface area contributed by atoms with Crippen LogP contribution in [0.5, 0.6) is 0 Å². The molecule has 0 atom stereocenters. The van der Waals surface area contributed by atoms with Gasteiger partial charge in [-0.3, -0.25) is 0 Å². The molecule has 6 rings (SSSR count). The van der Waals surface area contributed by atoms with Crippen molar-refractivity contribution < 1.29 is 0 Å². The minimum atomic E-state index is 0.654. The van der Waals surface area contributed by atoms with Crippen LogP contribution in [0.1, 0.15) is 5.69 Å². The maximum Gasteiger partial charge on any atom is 0.143 e. The summed E-state index contributed by atoms with van der Waals surface area (Å²) >= 11 is 0. The molecule has 5 aromatic rings. The number of nitrogens with zero attached hydrogens (tertiary/aromatic N) is 5. The molecule has 2 aromatic heterocycles. The van der Waals surface area contributed by atoms with E-state index in [4.69, 9.17) is 4.98 Å². The molecule has 0 N–H and O–H groups in total. The van der Waals surface area contributed by atoms with Crippen LogP contribution in [-0.4, -0.2) is 24.5 Å². The van der Waals surface area contributed by atoms with Crippen molar-refractivity contribution in [2.24, 2.45) is 0 Å². The Morgan fingerprint density at radius 1 is 0.724 bits per heavy atom. The van der Waals surface area contributed by atoms with Gasteiger partial charge < -0.3 is 4.57 Å². The standard InChI is InChI=1S/C24H17N5/c1-3-9-17(10-4-1)22-23(18-11-5-2-6-12-18)28-16-19-15-25-27-29(19)21-14-8-7-13-20(21)24(28)26-22/h1-15H,16H2. The minimum absolute atomic E-state index is 0.654. The average Bonchev–Trinajstić information content (AvgIpc) is 3.38. The highest BCUT2D eigenvalue weighted by atomic mass is 15.4. The first-order valence-corrected chi connectivity index (χ1v) is 9.61. The maximum absolute atomic E-state index is 5.16. The summed E-state index contributed by atoms with van der Waals surface area (Å²) in [6.45, 7) is 0.654. The molecule has 29 heavy (non-hydrogen) atoms. The molecule has 0 unspecified atom stereocenters. The Balaban J connectivity index is 1.72. The normalized spacial score (nSPS) is 12.0. The van der Waals surface area contributed by atoms with Crippen LogP contribution in [0.15, 0.2) is 91.1 Å². The Kier molecular flexibility index (Phi) is 3.46. The average molecular weight is 375 g/mol. The van der Waals surface area contributed by atoms with Gasteiger partial charge >= 0.3 is 0 Å².